The van der Waals surface area contributed by atoms with Gasteiger partial charge >= 0.3 is 0 Å². The Morgan fingerprint density at radius 1 is 0.302 bits per heavy atom. The molecule has 13 nitrogen and oxygen atoms in total. The summed E-state index contributed by atoms with van der Waals surface area (Å²) < 4.78 is 56.3. The minimum atomic E-state index is 0.0528. The molecule has 0 aromatic heterocycles. The molecular formula is C73H74O13. The molecule has 0 aliphatic carbocycles. The third kappa shape index (κ3) is 12.2. The molecule has 9 aromatic carbocycles. The van der Waals surface area contributed by atoms with E-state index < -0.39 is 0 Å². The Balaban J connectivity index is 0.000000143. The number of aromatic hydroxyl groups is 3. The van der Waals surface area contributed by atoms with Crippen molar-refractivity contribution >= 4 is 0 Å². The van der Waals surface area contributed by atoms with Crippen LogP contribution in [0.3, 0.4) is 0 Å². The van der Waals surface area contributed by atoms with Gasteiger partial charge in [0, 0.05) is 68.9 Å². The number of phenols is 3. The minimum absolute atomic E-state index is 0.0528. The van der Waals surface area contributed by atoms with E-state index in [0.717, 1.165) is 96.1 Å². The second kappa shape index (κ2) is 26.5. The Bertz CT molecular complexity index is 3750. The number of hydrogen-bond donors (Lipinski definition) is 3. The molecule has 13 heteroatoms. The minimum Gasteiger partial charge on any atom is -0.508 e. The average molecular weight is 1160 g/mol. The summed E-state index contributed by atoms with van der Waals surface area (Å²) in [6, 6.07) is 57.7. The molecule has 0 unspecified atom stereocenters. The number of methoxy groups -OCH3 is 7. The lowest BCUT2D eigenvalue weighted by atomic mass is 9.75. The molecule has 6 atom stereocenters. The van der Waals surface area contributed by atoms with Gasteiger partial charge in [0.15, 0.2) is 11.5 Å². The third-order valence-electron chi connectivity index (χ3n) is 17.0. The normalized spacial score (nSPS) is 17.9. The summed E-state index contributed by atoms with van der Waals surface area (Å²) in [5.41, 5.74) is 12.8. The first-order chi connectivity index (χ1) is 41.8. The lowest BCUT2D eigenvalue weighted by molar-refractivity contribution is 0.245. The smallest absolute Gasteiger partial charge is 0.160 e. The van der Waals surface area contributed by atoms with Crippen LogP contribution in [0.4, 0.5) is 0 Å². The maximum Gasteiger partial charge on any atom is 0.160 e. The van der Waals surface area contributed by atoms with Crippen molar-refractivity contribution in [2.75, 3.05) is 69.6 Å². The van der Waals surface area contributed by atoms with Gasteiger partial charge in [-0.05, 0) is 145 Å². The van der Waals surface area contributed by atoms with Crippen LogP contribution in [0.25, 0.3) is 0 Å². The Morgan fingerprint density at radius 3 is 0.965 bits per heavy atom. The summed E-state index contributed by atoms with van der Waals surface area (Å²) in [7, 11) is 11.7. The van der Waals surface area contributed by atoms with Gasteiger partial charge in [-0.3, -0.25) is 0 Å². The molecule has 9 aromatic rings. The molecule has 0 amide bonds. The SMILES string of the molecule is COc1ccc([C@H]2c3ccc(O)c(C)c3OC[C@H]2c2ccc(O)cc2)cc1.COc1ccc([C@H]2c3ccc(O)c(C)c3OC[C@H]2c2ccc(OC)c(OC)c2)cc1.COc1ccc([C@H]2c3ccc(OC)c(C)c3OC[C@H]2c2ccc(OC)cc2)cc1. The van der Waals surface area contributed by atoms with Gasteiger partial charge in [0.05, 0.1) is 69.6 Å². The van der Waals surface area contributed by atoms with Crippen molar-refractivity contribution in [3.05, 3.63) is 243 Å². The van der Waals surface area contributed by atoms with Gasteiger partial charge < -0.3 is 62.7 Å². The summed E-state index contributed by atoms with van der Waals surface area (Å²) in [5.74, 6) is 9.38. The van der Waals surface area contributed by atoms with Gasteiger partial charge in [-0.15, -0.1) is 0 Å². The highest BCUT2D eigenvalue weighted by Gasteiger charge is 2.38. The largest absolute Gasteiger partial charge is 0.508 e. The maximum absolute atomic E-state index is 10.2. The van der Waals surface area contributed by atoms with Gasteiger partial charge in [0.2, 0.25) is 0 Å². The summed E-state index contributed by atoms with van der Waals surface area (Å²) in [6.07, 6.45) is 0. The first-order valence-corrected chi connectivity index (χ1v) is 28.6. The van der Waals surface area contributed by atoms with Crippen molar-refractivity contribution in [3.8, 4) is 74.7 Å². The molecule has 3 aliphatic heterocycles. The molecule has 3 aliphatic rings. The maximum atomic E-state index is 10.2. The van der Waals surface area contributed by atoms with Crippen LogP contribution in [0.1, 0.15) is 102 Å². The molecule has 0 saturated heterocycles. The Hall–Kier alpha value is -9.62. The molecule has 444 valence electrons. The number of rotatable bonds is 13. The number of fused-ring (bicyclic) bond motifs is 3. The standard InChI is InChI=1S/C25H26O5.C25H26O4.C23H22O4/c1-15-21(26)11-10-19-24(16-5-8-18(27-2)9-6-16)20(14-30-25(15)19)17-7-12-22(28-3)23(13-17)29-4;1-16-23(28-4)14-13-21-24(18-7-11-20(27-3)12-8-18)22(15-29-25(16)21)17-5-9-19(26-2)10-6-17;1-14-21(25)12-11-19-22(16-5-9-18(26-2)10-6-16)20(13-27-23(14)19)15-3-7-17(24)8-4-15/h5-13,20,24,26H,14H2,1-4H3;5-14,22,24H,15H2,1-4H3;3-12,20,22,24-25H,13H2,1-2H3/t20-,24-;22-,24-;20-,22-/m000/s1. The van der Waals surface area contributed by atoms with Gasteiger partial charge in [0.25, 0.3) is 0 Å². The topological polar surface area (TPSA) is 153 Å². The molecule has 0 saturated carbocycles. The van der Waals surface area contributed by atoms with Gasteiger partial charge in [-0.1, -0.05) is 84.9 Å². The number of hydrogen-bond acceptors (Lipinski definition) is 13. The first-order valence-electron chi connectivity index (χ1n) is 28.6. The Kier molecular flexibility index (Phi) is 18.4. The number of phenolic OH excluding ortho intramolecular Hbond substituents is 3. The quantitative estimate of drug-likeness (QED) is 0.100. The summed E-state index contributed by atoms with van der Waals surface area (Å²) >= 11 is 0. The first kappa shape index (κ1) is 59.5. The van der Waals surface area contributed by atoms with E-state index in [0.29, 0.717) is 31.3 Å². The van der Waals surface area contributed by atoms with Crippen molar-refractivity contribution in [2.45, 2.75) is 56.3 Å². The Labute approximate surface area is 503 Å². The van der Waals surface area contributed by atoms with Gasteiger partial charge in [0.1, 0.15) is 63.2 Å². The van der Waals surface area contributed by atoms with Gasteiger partial charge in [-0.2, -0.15) is 0 Å². The predicted octanol–water partition coefficient (Wildman–Crippen LogP) is 15.1. The van der Waals surface area contributed by atoms with Crippen molar-refractivity contribution in [1.82, 2.24) is 0 Å². The summed E-state index contributed by atoms with van der Waals surface area (Å²) in [6.45, 7) is 7.40. The molecule has 0 radical (unpaired) electrons. The van der Waals surface area contributed by atoms with Crippen LogP contribution in [-0.2, 0) is 0 Å². The fourth-order valence-electron chi connectivity index (χ4n) is 12.3. The van der Waals surface area contributed by atoms with Crippen LogP contribution >= 0.6 is 0 Å². The highest BCUT2D eigenvalue weighted by atomic mass is 16.5. The molecule has 0 spiro atoms. The predicted molar refractivity (Wildman–Crippen MR) is 333 cm³/mol. The zero-order valence-electron chi connectivity index (χ0n) is 50.3. The van der Waals surface area contributed by atoms with Crippen LogP contribution in [0, 0.1) is 20.8 Å². The molecular weight excluding hydrogens is 1080 g/mol. The van der Waals surface area contributed by atoms with Gasteiger partial charge in [-0.25, -0.2) is 0 Å². The monoisotopic (exact) mass is 1160 g/mol. The fraction of sp³-hybridized carbons (Fsp3) is 0.260. The molecule has 0 bridgehead atoms. The summed E-state index contributed by atoms with van der Waals surface area (Å²) in [5, 5.41) is 29.9. The van der Waals surface area contributed by atoms with E-state index in [1.807, 2.05) is 105 Å². The highest BCUT2D eigenvalue weighted by molar-refractivity contribution is 5.59. The zero-order chi connectivity index (χ0) is 60.6. The molecule has 12 rings (SSSR count). The van der Waals surface area contributed by atoms with E-state index >= 15 is 0 Å². The second-order valence-electron chi connectivity index (χ2n) is 21.6. The lowest BCUT2D eigenvalue weighted by Crippen LogP contribution is -2.26. The molecule has 3 heterocycles. The molecule has 3 N–H and O–H groups in total. The van der Waals surface area contributed by atoms with Crippen molar-refractivity contribution in [2.24, 2.45) is 0 Å². The van der Waals surface area contributed by atoms with Crippen LogP contribution < -0.4 is 47.4 Å². The highest BCUT2D eigenvalue weighted by Crippen LogP contribution is 2.53. The number of benzene rings is 9. The number of ether oxygens (including phenoxy) is 10. The van der Waals surface area contributed by atoms with E-state index in [-0.39, 0.29) is 52.8 Å². The van der Waals surface area contributed by atoms with Crippen LogP contribution in [0.15, 0.2) is 176 Å². The van der Waals surface area contributed by atoms with E-state index in [2.05, 4.69) is 67.6 Å². The van der Waals surface area contributed by atoms with Crippen LogP contribution in [-0.4, -0.2) is 84.9 Å². The van der Waals surface area contributed by atoms with E-state index in [4.69, 9.17) is 47.4 Å². The van der Waals surface area contributed by atoms with Crippen LogP contribution in [0.2, 0.25) is 0 Å². The van der Waals surface area contributed by atoms with Crippen molar-refractivity contribution < 1.29 is 62.7 Å². The van der Waals surface area contributed by atoms with Crippen molar-refractivity contribution in [1.29, 1.82) is 0 Å². The summed E-state index contributed by atoms with van der Waals surface area (Å²) in [4.78, 5) is 0. The molecule has 86 heavy (non-hydrogen) atoms. The van der Waals surface area contributed by atoms with E-state index in [9.17, 15) is 15.3 Å². The van der Waals surface area contributed by atoms with E-state index in [1.54, 1.807) is 74.0 Å². The Morgan fingerprint density at radius 2 is 0.605 bits per heavy atom. The van der Waals surface area contributed by atoms with Crippen LogP contribution in [0.5, 0.6) is 74.7 Å². The van der Waals surface area contributed by atoms with Crippen molar-refractivity contribution in [3.63, 3.8) is 0 Å². The zero-order valence-corrected chi connectivity index (χ0v) is 50.3. The second-order valence-corrected chi connectivity index (χ2v) is 21.6. The average Bonchev–Trinajstić information content (AvgIpc) is 1.11. The van der Waals surface area contributed by atoms with E-state index in [1.165, 1.54) is 16.7 Å². The lowest BCUT2D eigenvalue weighted by Gasteiger charge is -2.35. The molecule has 0 fully saturated rings. The fourth-order valence-corrected chi connectivity index (χ4v) is 12.3. The third-order valence-corrected chi connectivity index (χ3v) is 17.0.